The largest absolute Gasteiger partial charge is 0.497 e. The Labute approximate surface area is 147 Å². The zero-order chi connectivity index (χ0) is 17.6. The molecule has 1 aliphatic rings. The average Bonchev–Trinajstić information content (AvgIpc) is 3.06. The summed E-state index contributed by atoms with van der Waals surface area (Å²) >= 11 is 0. The first kappa shape index (κ1) is 17.4. The van der Waals surface area contributed by atoms with Crippen molar-refractivity contribution < 1.29 is 14.3 Å². The molecular formula is C18H24N4O3. The second kappa shape index (κ2) is 8.11. The molecule has 0 fully saturated rings. The fraction of sp³-hybridized carbons (Fsp3) is 0.500. The lowest BCUT2D eigenvalue weighted by molar-refractivity contribution is -0.126. The van der Waals surface area contributed by atoms with Crippen LogP contribution in [0.2, 0.25) is 0 Å². The van der Waals surface area contributed by atoms with Crippen molar-refractivity contribution in [1.82, 2.24) is 20.3 Å². The first-order valence-electron chi connectivity index (χ1n) is 8.54. The molecule has 0 spiro atoms. The molecule has 0 saturated carbocycles. The Balaban J connectivity index is 1.74. The monoisotopic (exact) mass is 344 g/mol. The molecule has 2 atom stereocenters. The fourth-order valence-electron chi connectivity index (χ4n) is 2.92. The molecule has 2 aromatic rings. The van der Waals surface area contributed by atoms with Crippen molar-refractivity contribution in [1.29, 1.82) is 0 Å². The second-order valence-electron chi connectivity index (χ2n) is 6.44. The molecule has 0 unspecified atom stereocenters. The maximum atomic E-state index is 12.7. The van der Waals surface area contributed by atoms with Crippen LogP contribution >= 0.6 is 0 Å². The van der Waals surface area contributed by atoms with Crippen LogP contribution in [0.4, 0.5) is 0 Å². The van der Waals surface area contributed by atoms with E-state index in [9.17, 15) is 4.79 Å². The third-order valence-electron chi connectivity index (χ3n) is 4.31. The number of fused-ring (bicyclic) bond motifs is 2. The number of methoxy groups -OCH3 is 1. The standard InChI is InChI=1S/C18H24N4O3/c1-13-11-25-12-16-10-22(21-20-16)8-7-15(18(23)19-13)9-14-3-5-17(24-2)6-4-14/h3-6,10,13,15H,7-9,11-12H2,1-2H3,(H,19,23)/t13-,15+/m1/s1. The number of hydrogen-bond donors (Lipinski definition) is 1. The summed E-state index contributed by atoms with van der Waals surface area (Å²) < 4.78 is 12.6. The quantitative estimate of drug-likeness (QED) is 0.914. The summed E-state index contributed by atoms with van der Waals surface area (Å²) in [5.41, 5.74) is 1.92. The predicted octanol–water partition coefficient (Wildman–Crippen LogP) is 1.57. The lowest BCUT2D eigenvalue weighted by Crippen LogP contribution is -2.40. The Morgan fingerprint density at radius 3 is 2.92 bits per heavy atom. The van der Waals surface area contributed by atoms with Gasteiger partial charge in [0, 0.05) is 18.5 Å². The Hall–Kier alpha value is -2.41. The van der Waals surface area contributed by atoms with Gasteiger partial charge in [-0.3, -0.25) is 9.48 Å². The van der Waals surface area contributed by atoms with Crippen molar-refractivity contribution >= 4 is 5.91 Å². The topological polar surface area (TPSA) is 78.3 Å². The Morgan fingerprint density at radius 1 is 1.36 bits per heavy atom. The van der Waals surface area contributed by atoms with Gasteiger partial charge in [0.25, 0.3) is 0 Å². The Morgan fingerprint density at radius 2 is 2.16 bits per heavy atom. The molecule has 3 rings (SSSR count). The highest BCUT2D eigenvalue weighted by Crippen LogP contribution is 2.18. The zero-order valence-electron chi connectivity index (χ0n) is 14.6. The number of aromatic nitrogens is 3. The van der Waals surface area contributed by atoms with E-state index in [-0.39, 0.29) is 17.9 Å². The van der Waals surface area contributed by atoms with Gasteiger partial charge in [0.05, 0.1) is 26.5 Å². The van der Waals surface area contributed by atoms with Gasteiger partial charge < -0.3 is 14.8 Å². The molecule has 0 aliphatic carbocycles. The van der Waals surface area contributed by atoms with Gasteiger partial charge in [-0.15, -0.1) is 5.10 Å². The third kappa shape index (κ3) is 4.79. The van der Waals surface area contributed by atoms with Crippen LogP contribution in [0, 0.1) is 5.92 Å². The van der Waals surface area contributed by atoms with E-state index >= 15 is 0 Å². The van der Waals surface area contributed by atoms with Crippen LogP contribution in [0.1, 0.15) is 24.6 Å². The van der Waals surface area contributed by atoms with E-state index in [2.05, 4.69) is 15.6 Å². The number of rotatable bonds is 3. The number of ether oxygens (including phenoxy) is 2. The molecular weight excluding hydrogens is 320 g/mol. The number of carbonyl (C=O) groups is 1. The molecule has 1 amide bonds. The highest BCUT2D eigenvalue weighted by atomic mass is 16.5. The van der Waals surface area contributed by atoms with Gasteiger partial charge in [-0.05, 0) is 37.5 Å². The number of nitrogens with one attached hydrogen (secondary N) is 1. The molecule has 2 heterocycles. The molecule has 0 saturated heterocycles. The molecule has 7 nitrogen and oxygen atoms in total. The second-order valence-corrected chi connectivity index (χ2v) is 6.44. The average molecular weight is 344 g/mol. The number of hydrogen-bond acceptors (Lipinski definition) is 5. The van der Waals surface area contributed by atoms with E-state index in [0.717, 1.165) is 17.0 Å². The van der Waals surface area contributed by atoms with Crippen LogP contribution in [0.15, 0.2) is 30.5 Å². The maximum absolute atomic E-state index is 12.7. The van der Waals surface area contributed by atoms with E-state index in [0.29, 0.717) is 32.6 Å². The minimum Gasteiger partial charge on any atom is -0.497 e. The number of benzene rings is 1. The molecule has 1 aromatic carbocycles. The first-order valence-corrected chi connectivity index (χ1v) is 8.54. The van der Waals surface area contributed by atoms with E-state index in [1.807, 2.05) is 37.4 Å². The Bertz CT molecular complexity index is 699. The summed E-state index contributed by atoms with van der Waals surface area (Å²) in [5.74, 6) is 0.726. The van der Waals surface area contributed by atoms with Crippen LogP contribution in [0.25, 0.3) is 0 Å². The van der Waals surface area contributed by atoms with Gasteiger partial charge in [-0.25, -0.2) is 0 Å². The van der Waals surface area contributed by atoms with Crippen molar-refractivity contribution in [2.45, 2.75) is 39.0 Å². The molecule has 0 radical (unpaired) electrons. The van der Waals surface area contributed by atoms with Crippen molar-refractivity contribution in [2.75, 3.05) is 13.7 Å². The fourth-order valence-corrected chi connectivity index (χ4v) is 2.92. The normalized spacial score (nSPS) is 21.8. The van der Waals surface area contributed by atoms with Gasteiger partial charge in [-0.2, -0.15) is 0 Å². The summed E-state index contributed by atoms with van der Waals surface area (Å²) in [7, 11) is 1.64. The third-order valence-corrected chi connectivity index (χ3v) is 4.31. The molecule has 1 N–H and O–H groups in total. The number of nitrogens with zero attached hydrogens (tertiary/aromatic N) is 3. The van der Waals surface area contributed by atoms with Crippen molar-refractivity contribution in [3.8, 4) is 5.75 Å². The molecule has 1 aromatic heterocycles. The van der Waals surface area contributed by atoms with E-state index in [1.54, 1.807) is 11.8 Å². The molecule has 134 valence electrons. The van der Waals surface area contributed by atoms with Crippen LogP contribution in [-0.4, -0.2) is 40.7 Å². The van der Waals surface area contributed by atoms with Crippen LogP contribution in [-0.2, 0) is 29.1 Å². The highest BCUT2D eigenvalue weighted by molar-refractivity contribution is 5.79. The van der Waals surface area contributed by atoms with Gasteiger partial charge in [0.1, 0.15) is 11.4 Å². The van der Waals surface area contributed by atoms with Gasteiger partial charge >= 0.3 is 0 Å². The van der Waals surface area contributed by atoms with Crippen LogP contribution in [0.3, 0.4) is 0 Å². The van der Waals surface area contributed by atoms with Crippen LogP contribution < -0.4 is 10.1 Å². The van der Waals surface area contributed by atoms with E-state index in [1.165, 1.54) is 0 Å². The number of amides is 1. The van der Waals surface area contributed by atoms with E-state index < -0.39 is 0 Å². The van der Waals surface area contributed by atoms with Crippen molar-refractivity contribution in [3.63, 3.8) is 0 Å². The summed E-state index contributed by atoms with van der Waals surface area (Å²) in [5, 5.41) is 11.3. The molecule has 7 heteroatoms. The summed E-state index contributed by atoms with van der Waals surface area (Å²) in [4.78, 5) is 12.7. The lowest BCUT2D eigenvalue weighted by atomic mass is 9.95. The minimum absolute atomic E-state index is 0.0414. The minimum atomic E-state index is -0.136. The summed E-state index contributed by atoms with van der Waals surface area (Å²) in [6.07, 6.45) is 3.26. The van der Waals surface area contributed by atoms with Gasteiger partial charge in [0.2, 0.25) is 5.91 Å². The lowest BCUT2D eigenvalue weighted by Gasteiger charge is -2.21. The maximum Gasteiger partial charge on any atom is 0.223 e. The SMILES string of the molecule is COc1ccc(C[C@@H]2CCn3cc(nn3)COC[C@@H](C)NC2=O)cc1. The van der Waals surface area contributed by atoms with Gasteiger partial charge in [-0.1, -0.05) is 17.3 Å². The summed E-state index contributed by atoms with van der Waals surface area (Å²) in [6, 6.07) is 7.80. The summed E-state index contributed by atoms with van der Waals surface area (Å²) in [6.45, 7) is 3.46. The number of carbonyl (C=O) groups excluding carboxylic acids is 1. The predicted molar refractivity (Wildman–Crippen MR) is 92.1 cm³/mol. The van der Waals surface area contributed by atoms with Gasteiger partial charge in [0.15, 0.2) is 0 Å². The first-order chi connectivity index (χ1) is 12.1. The smallest absolute Gasteiger partial charge is 0.223 e. The van der Waals surface area contributed by atoms with Crippen molar-refractivity contribution in [2.24, 2.45) is 5.92 Å². The molecule has 2 bridgehead atoms. The highest BCUT2D eigenvalue weighted by Gasteiger charge is 2.22. The van der Waals surface area contributed by atoms with Crippen molar-refractivity contribution in [3.05, 3.63) is 41.7 Å². The Kier molecular flexibility index (Phi) is 5.65. The van der Waals surface area contributed by atoms with E-state index in [4.69, 9.17) is 9.47 Å². The van der Waals surface area contributed by atoms with Crippen LogP contribution in [0.5, 0.6) is 5.75 Å². The zero-order valence-corrected chi connectivity index (χ0v) is 14.6. The number of aryl methyl sites for hydroxylation is 1. The molecule has 1 aliphatic heterocycles. The molecule has 25 heavy (non-hydrogen) atoms.